The summed E-state index contributed by atoms with van der Waals surface area (Å²) in [4.78, 5) is 14.1. The highest BCUT2D eigenvalue weighted by molar-refractivity contribution is 5.89. The van der Waals surface area contributed by atoms with Gasteiger partial charge in [-0.25, -0.2) is 4.79 Å². The number of aliphatic hydroxyl groups is 1. The van der Waals surface area contributed by atoms with Gasteiger partial charge < -0.3 is 15.3 Å². The fourth-order valence-corrected chi connectivity index (χ4v) is 2.90. The average molecular weight is 290 g/mol. The lowest BCUT2D eigenvalue weighted by atomic mass is 9.98. The Hall–Kier alpha value is -1.55. The van der Waals surface area contributed by atoms with Crippen LogP contribution in [0.2, 0.25) is 0 Å². The van der Waals surface area contributed by atoms with Gasteiger partial charge in [0, 0.05) is 25.4 Å². The molecule has 1 heterocycles. The first-order valence-corrected chi connectivity index (χ1v) is 7.96. The molecule has 0 aromatic heterocycles. The van der Waals surface area contributed by atoms with E-state index in [0.29, 0.717) is 5.92 Å². The zero-order valence-electron chi connectivity index (χ0n) is 13.1. The average Bonchev–Trinajstić information content (AvgIpc) is 2.54. The van der Waals surface area contributed by atoms with E-state index in [1.165, 1.54) is 11.1 Å². The zero-order chi connectivity index (χ0) is 15.2. The number of carbonyl (C=O) groups excluding carboxylic acids is 1. The second-order valence-corrected chi connectivity index (χ2v) is 5.73. The van der Waals surface area contributed by atoms with Crippen LogP contribution in [0, 0.1) is 5.92 Å². The number of nitrogens with one attached hydrogen (secondary N) is 1. The number of anilines is 1. The fraction of sp³-hybridized carbons (Fsp3) is 0.588. The van der Waals surface area contributed by atoms with Gasteiger partial charge in [0.05, 0.1) is 0 Å². The van der Waals surface area contributed by atoms with Crippen LogP contribution < -0.4 is 5.32 Å². The maximum atomic E-state index is 12.3. The van der Waals surface area contributed by atoms with Gasteiger partial charge in [-0.3, -0.25) is 0 Å². The van der Waals surface area contributed by atoms with Gasteiger partial charge in [-0.2, -0.15) is 0 Å². The largest absolute Gasteiger partial charge is 0.396 e. The van der Waals surface area contributed by atoms with Crippen LogP contribution in [0.1, 0.15) is 37.8 Å². The molecule has 2 rings (SSSR count). The predicted molar refractivity (Wildman–Crippen MR) is 85.6 cm³/mol. The number of nitrogens with zero attached hydrogens (tertiary/aromatic N) is 1. The summed E-state index contributed by atoms with van der Waals surface area (Å²) in [6.45, 7) is 5.97. The van der Waals surface area contributed by atoms with Crippen molar-refractivity contribution >= 4 is 11.7 Å². The van der Waals surface area contributed by atoms with Crippen molar-refractivity contribution < 1.29 is 9.90 Å². The molecule has 2 N–H and O–H groups in total. The Balaban J connectivity index is 1.96. The quantitative estimate of drug-likeness (QED) is 0.895. The summed E-state index contributed by atoms with van der Waals surface area (Å²) in [5.41, 5.74) is 3.52. The minimum Gasteiger partial charge on any atom is -0.396 e. The van der Waals surface area contributed by atoms with Gasteiger partial charge in [0.2, 0.25) is 0 Å². The number of amides is 2. The van der Waals surface area contributed by atoms with Crippen molar-refractivity contribution in [2.45, 2.75) is 39.5 Å². The maximum Gasteiger partial charge on any atom is 0.321 e. The van der Waals surface area contributed by atoms with Crippen LogP contribution in [0.15, 0.2) is 18.2 Å². The Labute approximate surface area is 127 Å². The zero-order valence-corrected chi connectivity index (χ0v) is 13.1. The summed E-state index contributed by atoms with van der Waals surface area (Å²) in [7, 11) is 0. The van der Waals surface area contributed by atoms with Crippen molar-refractivity contribution in [1.29, 1.82) is 0 Å². The van der Waals surface area contributed by atoms with E-state index in [4.69, 9.17) is 5.11 Å². The van der Waals surface area contributed by atoms with E-state index in [0.717, 1.165) is 44.5 Å². The van der Waals surface area contributed by atoms with Crippen molar-refractivity contribution in [3.63, 3.8) is 0 Å². The van der Waals surface area contributed by atoms with Gasteiger partial charge in [0.15, 0.2) is 0 Å². The number of carbonyl (C=O) groups is 1. The van der Waals surface area contributed by atoms with Crippen LogP contribution >= 0.6 is 0 Å². The highest BCUT2D eigenvalue weighted by Gasteiger charge is 2.22. The minimum absolute atomic E-state index is 0.0299. The normalized spacial score (nSPS) is 16.0. The lowest BCUT2D eigenvalue weighted by Gasteiger charge is -2.31. The van der Waals surface area contributed by atoms with Crippen LogP contribution in [-0.4, -0.2) is 35.7 Å². The van der Waals surface area contributed by atoms with E-state index in [-0.39, 0.29) is 12.6 Å². The summed E-state index contributed by atoms with van der Waals surface area (Å²) in [6, 6.07) is 6.14. The molecule has 0 spiro atoms. The first kappa shape index (κ1) is 15.8. The Kier molecular flexibility index (Phi) is 5.62. The number of piperidine rings is 1. The van der Waals surface area contributed by atoms with E-state index in [2.05, 4.69) is 31.3 Å². The molecule has 0 bridgehead atoms. The molecule has 116 valence electrons. The third-order valence-corrected chi connectivity index (χ3v) is 4.38. The van der Waals surface area contributed by atoms with Crippen LogP contribution in [0.4, 0.5) is 10.5 Å². The second-order valence-electron chi connectivity index (χ2n) is 5.73. The smallest absolute Gasteiger partial charge is 0.321 e. The van der Waals surface area contributed by atoms with Crippen LogP contribution in [0.3, 0.4) is 0 Å². The van der Waals surface area contributed by atoms with Gasteiger partial charge in [-0.05, 0) is 54.9 Å². The van der Waals surface area contributed by atoms with E-state index >= 15 is 0 Å². The molecule has 2 amide bonds. The molecule has 4 heteroatoms. The Bertz CT molecular complexity index is 480. The highest BCUT2D eigenvalue weighted by Crippen LogP contribution is 2.20. The van der Waals surface area contributed by atoms with Crippen LogP contribution in [0.25, 0.3) is 0 Å². The summed E-state index contributed by atoms with van der Waals surface area (Å²) in [5.74, 6) is 0.351. The molecule has 0 aliphatic carbocycles. The Morgan fingerprint density at radius 3 is 2.48 bits per heavy atom. The number of hydrogen-bond donors (Lipinski definition) is 2. The number of aliphatic hydroxyl groups excluding tert-OH is 1. The number of urea groups is 1. The Morgan fingerprint density at radius 2 is 1.90 bits per heavy atom. The molecule has 1 aromatic carbocycles. The van der Waals surface area contributed by atoms with Crippen LogP contribution in [0.5, 0.6) is 0 Å². The lowest BCUT2D eigenvalue weighted by molar-refractivity contribution is 0.143. The first-order chi connectivity index (χ1) is 10.2. The maximum absolute atomic E-state index is 12.3. The van der Waals surface area contributed by atoms with E-state index in [1.54, 1.807) is 0 Å². The molecule has 1 fully saturated rings. The van der Waals surface area contributed by atoms with Gasteiger partial charge in [-0.1, -0.05) is 19.9 Å². The first-order valence-electron chi connectivity index (χ1n) is 7.96. The molecule has 0 unspecified atom stereocenters. The molecule has 0 saturated carbocycles. The third-order valence-electron chi connectivity index (χ3n) is 4.38. The predicted octanol–water partition coefficient (Wildman–Crippen LogP) is 3.05. The monoisotopic (exact) mass is 290 g/mol. The molecule has 1 saturated heterocycles. The molecule has 0 atom stereocenters. The number of benzene rings is 1. The molecule has 4 nitrogen and oxygen atoms in total. The van der Waals surface area contributed by atoms with Gasteiger partial charge in [0.1, 0.15) is 0 Å². The minimum atomic E-state index is -0.0299. The Morgan fingerprint density at radius 1 is 1.24 bits per heavy atom. The topological polar surface area (TPSA) is 52.6 Å². The fourth-order valence-electron chi connectivity index (χ4n) is 2.90. The standard InChI is InChI=1S/C17H26N2O2/c1-3-14-5-6-16(11-15(14)4-2)18-17(21)19-9-7-13(12-20)8-10-19/h5-6,11,13,20H,3-4,7-10,12H2,1-2H3,(H,18,21). The van der Waals surface area contributed by atoms with Gasteiger partial charge >= 0.3 is 6.03 Å². The summed E-state index contributed by atoms with van der Waals surface area (Å²) in [5, 5.41) is 12.1. The number of aryl methyl sites for hydroxylation is 2. The lowest BCUT2D eigenvalue weighted by Crippen LogP contribution is -2.41. The van der Waals surface area contributed by atoms with Gasteiger partial charge in [0.25, 0.3) is 0 Å². The summed E-state index contributed by atoms with van der Waals surface area (Å²) < 4.78 is 0. The summed E-state index contributed by atoms with van der Waals surface area (Å²) >= 11 is 0. The molecule has 1 aliphatic rings. The molecule has 1 aliphatic heterocycles. The highest BCUT2D eigenvalue weighted by atomic mass is 16.3. The number of rotatable bonds is 4. The molecular weight excluding hydrogens is 264 g/mol. The molecule has 21 heavy (non-hydrogen) atoms. The molecular formula is C17H26N2O2. The third kappa shape index (κ3) is 3.97. The van der Waals surface area contributed by atoms with E-state index in [9.17, 15) is 4.79 Å². The van der Waals surface area contributed by atoms with Gasteiger partial charge in [-0.15, -0.1) is 0 Å². The van der Waals surface area contributed by atoms with Crippen molar-refractivity contribution in [2.24, 2.45) is 5.92 Å². The molecule has 1 aromatic rings. The SMILES string of the molecule is CCc1ccc(NC(=O)N2CCC(CO)CC2)cc1CC. The summed E-state index contributed by atoms with van der Waals surface area (Å²) in [6.07, 6.45) is 3.78. The van der Waals surface area contributed by atoms with E-state index in [1.807, 2.05) is 11.0 Å². The van der Waals surface area contributed by atoms with Crippen molar-refractivity contribution in [3.05, 3.63) is 29.3 Å². The van der Waals surface area contributed by atoms with E-state index < -0.39 is 0 Å². The van der Waals surface area contributed by atoms with Crippen molar-refractivity contribution in [1.82, 2.24) is 4.90 Å². The second kappa shape index (κ2) is 7.46. The van der Waals surface area contributed by atoms with Crippen molar-refractivity contribution in [2.75, 3.05) is 25.0 Å². The molecule has 0 radical (unpaired) electrons. The number of hydrogen-bond acceptors (Lipinski definition) is 2. The number of likely N-dealkylation sites (tertiary alicyclic amines) is 1. The van der Waals surface area contributed by atoms with Crippen molar-refractivity contribution in [3.8, 4) is 0 Å². The van der Waals surface area contributed by atoms with Crippen LogP contribution in [-0.2, 0) is 12.8 Å².